The van der Waals surface area contributed by atoms with Crippen molar-refractivity contribution in [2.45, 2.75) is 6.04 Å². The van der Waals surface area contributed by atoms with Gasteiger partial charge in [0.15, 0.2) is 3.77 Å². The highest BCUT2D eigenvalue weighted by molar-refractivity contribution is 14.1. The highest BCUT2D eigenvalue weighted by Gasteiger charge is 2.16. The number of hydrogen-bond acceptors (Lipinski definition) is 3. The zero-order chi connectivity index (χ0) is 16.1. The van der Waals surface area contributed by atoms with Crippen molar-refractivity contribution in [3.8, 4) is 0 Å². The third kappa shape index (κ3) is 4.33. The molecule has 2 aromatic heterocycles. The van der Waals surface area contributed by atoms with Crippen molar-refractivity contribution in [1.29, 1.82) is 0 Å². The molecule has 3 aromatic rings. The van der Waals surface area contributed by atoms with Crippen molar-refractivity contribution in [1.82, 2.24) is 5.32 Å². The molecule has 0 saturated heterocycles. The molecule has 1 atom stereocenters. The lowest BCUT2D eigenvalue weighted by Gasteiger charge is -2.17. The van der Waals surface area contributed by atoms with Crippen molar-refractivity contribution in [3.05, 3.63) is 86.0 Å². The van der Waals surface area contributed by atoms with Gasteiger partial charge >= 0.3 is 0 Å². The monoisotopic (exact) mass is 435 g/mol. The number of benzene rings is 1. The molecule has 1 N–H and O–H groups in total. The van der Waals surface area contributed by atoms with Crippen LogP contribution in [-0.4, -0.2) is 5.91 Å². The Hall–Kier alpha value is -1.86. The van der Waals surface area contributed by atoms with E-state index in [1.807, 2.05) is 60.0 Å². The third-order valence-electron chi connectivity index (χ3n) is 3.24. The van der Waals surface area contributed by atoms with Crippen molar-refractivity contribution < 1.29 is 9.21 Å². The van der Waals surface area contributed by atoms with Crippen molar-refractivity contribution in [2.24, 2.45) is 0 Å². The molecule has 0 unspecified atom stereocenters. The van der Waals surface area contributed by atoms with Gasteiger partial charge in [-0.25, -0.2) is 0 Å². The lowest BCUT2D eigenvalue weighted by atomic mass is 10.1. The maximum absolute atomic E-state index is 12.3. The Balaban J connectivity index is 1.76. The van der Waals surface area contributed by atoms with Crippen LogP contribution in [0.3, 0.4) is 0 Å². The number of carbonyl (C=O) groups excluding carboxylic acids is 1. The summed E-state index contributed by atoms with van der Waals surface area (Å²) < 4.78 is 6.21. The zero-order valence-corrected chi connectivity index (χ0v) is 15.1. The van der Waals surface area contributed by atoms with Gasteiger partial charge in [0.05, 0.1) is 6.04 Å². The van der Waals surface area contributed by atoms with Crippen LogP contribution in [0, 0.1) is 3.77 Å². The first-order valence-corrected chi connectivity index (χ1v) is 9.00. The highest BCUT2D eigenvalue weighted by Crippen LogP contribution is 2.25. The highest BCUT2D eigenvalue weighted by atomic mass is 127. The Kier molecular flexibility index (Phi) is 5.30. The fourth-order valence-electron chi connectivity index (χ4n) is 2.19. The van der Waals surface area contributed by atoms with Gasteiger partial charge in [-0.05, 0) is 57.8 Å². The second kappa shape index (κ2) is 7.61. The number of furan rings is 1. The smallest absolute Gasteiger partial charge is 0.244 e. The summed E-state index contributed by atoms with van der Waals surface area (Å²) in [5, 5.41) is 5.07. The van der Waals surface area contributed by atoms with Crippen molar-refractivity contribution >= 4 is 45.9 Å². The van der Waals surface area contributed by atoms with E-state index in [0.29, 0.717) is 5.76 Å². The summed E-state index contributed by atoms with van der Waals surface area (Å²) in [4.78, 5) is 13.4. The number of nitrogens with one attached hydrogen (secondary N) is 1. The van der Waals surface area contributed by atoms with Crippen LogP contribution >= 0.6 is 33.9 Å². The minimum absolute atomic E-state index is 0.148. The minimum atomic E-state index is -0.154. The second-order valence-corrected chi connectivity index (χ2v) is 6.89. The number of halogens is 1. The van der Waals surface area contributed by atoms with Crippen LogP contribution in [0.1, 0.15) is 22.2 Å². The quantitative estimate of drug-likeness (QED) is 0.459. The van der Waals surface area contributed by atoms with Gasteiger partial charge in [0.25, 0.3) is 0 Å². The van der Waals surface area contributed by atoms with Crippen molar-refractivity contribution in [3.63, 3.8) is 0 Å². The predicted octanol–water partition coefficient (Wildman–Crippen LogP) is 4.86. The Morgan fingerprint density at radius 3 is 2.61 bits per heavy atom. The molecule has 116 valence electrons. The molecule has 3 nitrogen and oxygen atoms in total. The van der Waals surface area contributed by atoms with Gasteiger partial charge in [-0.3, -0.25) is 4.79 Å². The summed E-state index contributed by atoms with van der Waals surface area (Å²) in [5.74, 6) is 0.510. The largest absolute Gasteiger partial charge is 0.451 e. The Labute approximate surface area is 152 Å². The average molecular weight is 435 g/mol. The summed E-state index contributed by atoms with van der Waals surface area (Å²) >= 11 is 3.72. The molecular weight excluding hydrogens is 421 g/mol. The standard InChI is InChI=1S/C18H14INO2S/c19-16-10-8-14(22-16)9-11-17(21)20-18(15-7-4-12-23-15)13-5-2-1-3-6-13/h1-12,18H,(H,20,21)/b11-9+/t18-/m1/s1. The molecule has 0 fully saturated rings. The molecule has 0 spiro atoms. The average Bonchev–Trinajstić information content (AvgIpc) is 3.23. The maximum atomic E-state index is 12.3. The second-order valence-electron chi connectivity index (χ2n) is 4.84. The third-order valence-corrected chi connectivity index (χ3v) is 4.76. The zero-order valence-electron chi connectivity index (χ0n) is 12.1. The van der Waals surface area contributed by atoms with E-state index in [9.17, 15) is 4.79 Å². The topological polar surface area (TPSA) is 42.2 Å². The number of rotatable bonds is 5. The van der Waals surface area contributed by atoms with Gasteiger partial charge in [-0.15, -0.1) is 11.3 Å². The van der Waals surface area contributed by atoms with E-state index < -0.39 is 0 Å². The molecule has 0 aliphatic carbocycles. The molecule has 23 heavy (non-hydrogen) atoms. The van der Waals surface area contributed by atoms with Gasteiger partial charge in [-0.2, -0.15) is 0 Å². The lowest BCUT2D eigenvalue weighted by molar-refractivity contribution is -0.116. The molecule has 1 amide bonds. The van der Waals surface area contributed by atoms with Crippen LogP contribution < -0.4 is 5.32 Å². The molecule has 2 heterocycles. The molecule has 0 aliphatic heterocycles. The molecule has 0 bridgehead atoms. The van der Waals surface area contributed by atoms with Gasteiger partial charge in [0, 0.05) is 11.0 Å². The van der Waals surface area contributed by atoms with Gasteiger partial charge in [0.2, 0.25) is 5.91 Å². The Morgan fingerprint density at radius 2 is 1.96 bits per heavy atom. The Morgan fingerprint density at radius 1 is 1.13 bits per heavy atom. The SMILES string of the molecule is O=C(/C=C/c1ccc(I)o1)N[C@H](c1ccccc1)c1cccs1. The normalized spacial score (nSPS) is 12.4. The van der Waals surface area contributed by atoms with Gasteiger partial charge < -0.3 is 9.73 Å². The maximum Gasteiger partial charge on any atom is 0.244 e. The lowest BCUT2D eigenvalue weighted by Crippen LogP contribution is -2.27. The first-order chi connectivity index (χ1) is 11.2. The van der Waals surface area contributed by atoms with Gasteiger partial charge in [0.1, 0.15) is 5.76 Å². The summed E-state index contributed by atoms with van der Waals surface area (Å²) in [6.45, 7) is 0. The molecule has 3 rings (SSSR count). The summed E-state index contributed by atoms with van der Waals surface area (Å²) in [5.41, 5.74) is 1.06. The summed E-state index contributed by atoms with van der Waals surface area (Å²) in [6, 6.07) is 17.5. The van der Waals surface area contributed by atoms with Crippen LogP contribution in [-0.2, 0) is 4.79 Å². The first-order valence-electron chi connectivity index (χ1n) is 7.04. The van der Waals surface area contributed by atoms with E-state index in [-0.39, 0.29) is 11.9 Å². The van der Waals surface area contributed by atoms with E-state index in [2.05, 4.69) is 27.9 Å². The van der Waals surface area contributed by atoms with Crippen LogP contribution in [0.4, 0.5) is 0 Å². The molecular formula is C18H14INO2S. The molecule has 1 aromatic carbocycles. The number of amides is 1. The fraction of sp³-hybridized carbons (Fsp3) is 0.0556. The number of hydrogen-bond donors (Lipinski definition) is 1. The van der Waals surface area contributed by atoms with E-state index in [4.69, 9.17) is 4.42 Å². The van der Waals surface area contributed by atoms with E-state index in [0.717, 1.165) is 14.2 Å². The van der Waals surface area contributed by atoms with E-state index in [1.165, 1.54) is 6.08 Å². The number of thiophene rings is 1. The van der Waals surface area contributed by atoms with E-state index >= 15 is 0 Å². The summed E-state index contributed by atoms with van der Waals surface area (Å²) in [6.07, 6.45) is 3.17. The summed E-state index contributed by atoms with van der Waals surface area (Å²) in [7, 11) is 0. The van der Waals surface area contributed by atoms with Gasteiger partial charge in [-0.1, -0.05) is 36.4 Å². The molecule has 0 aliphatic rings. The van der Waals surface area contributed by atoms with Crippen LogP contribution in [0.15, 0.2) is 70.5 Å². The van der Waals surface area contributed by atoms with Crippen molar-refractivity contribution in [2.75, 3.05) is 0 Å². The number of carbonyl (C=O) groups is 1. The Bertz CT molecular complexity index is 794. The molecule has 5 heteroatoms. The predicted molar refractivity (Wildman–Crippen MR) is 101 cm³/mol. The molecule has 0 radical (unpaired) electrons. The minimum Gasteiger partial charge on any atom is -0.451 e. The van der Waals surface area contributed by atoms with E-state index in [1.54, 1.807) is 17.4 Å². The fourth-order valence-corrected chi connectivity index (χ4v) is 3.42. The van der Waals surface area contributed by atoms with Crippen LogP contribution in [0.5, 0.6) is 0 Å². The van der Waals surface area contributed by atoms with Crippen LogP contribution in [0.25, 0.3) is 6.08 Å². The van der Waals surface area contributed by atoms with Crippen LogP contribution in [0.2, 0.25) is 0 Å². The molecule has 0 saturated carbocycles. The first kappa shape index (κ1) is 16.0.